The van der Waals surface area contributed by atoms with Crippen LogP contribution in [0.3, 0.4) is 0 Å². The summed E-state index contributed by atoms with van der Waals surface area (Å²) in [6.07, 6.45) is 0. The zero-order chi connectivity index (χ0) is 52.9. The van der Waals surface area contributed by atoms with Crippen LogP contribution in [0.1, 0.15) is 34.3 Å². The van der Waals surface area contributed by atoms with Crippen molar-refractivity contribution in [1.29, 1.82) is 0 Å². The largest absolute Gasteiger partial charge is 0.455 e. The van der Waals surface area contributed by atoms with Gasteiger partial charge in [-0.05, 0) is 67.0 Å². The molecule has 8 aromatic carbocycles. The lowest BCUT2D eigenvalue weighted by Gasteiger charge is -2.18. The van der Waals surface area contributed by atoms with Crippen LogP contribution in [-0.2, 0) is 0 Å². The Morgan fingerprint density at radius 3 is 1.45 bits per heavy atom. The van der Waals surface area contributed by atoms with Crippen molar-refractivity contribution in [3.05, 3.63) is 181 Å². The minimum atomic E-state index is -0.994. The third-order valence-corrected chi connectivity index (χ3v) is 7.50. The standard InChI is InChI=1S/C46H30O/c1-4-14-31(15-5-1)33-24-26-35(27-25-33)46-45(41-29-28-36(30-42(41)47-46)32-16-6-2-7-17-32)44-39-22-12-10-20-37(39)43(34-18-8-3-9-19-34)38-21-11-13-23-40(38)44/h1-30H/i2D,3D,6D,7D,8D,9D,10D,11D,12D,13D,16D,17D,18D,19D,20D,21D,22D,23D,24D,25D,26D,27D,28D,29D,30D. The lowest BCUT2D eigenvalue weighted by atomic mass is 9.84. The second kappa shape index (κ2) is 11.3. The van der Waals surface area contributed by atoms with Gasteiger partial charge in [0.05, 0.1) is 34.3 Å². The van der Waals surface area contributed by atoms with E-state index in [1.54, 1.807) is 18.2 Å². The maximum absolute atomic E-state index is 9.67. The van der Waals surface area contributed by atoms with Gasteiger partial charge in [-0.25, -0.2) is 0 Å². The molecule has 0 fully saturated rings. The van der Waals surface area contributed by atoms with Crippen LogP contribution in [0.15, 0.2) is 186 Å². The van der Waals surface area contributed by atoms with E-state index in [-0.39, 0.29) is 11.1 Å². The minimum Gasteiger partial charge on any atom is -0.455 e. The van der Waals surface area contributed by atoms with Crippen LogP contribution in [0.5, 0.6) is 0 Å². The summed E-state index contributed by atoms with van der Waals surface area (Å²) < 4.78 is 232. The van der Waals surface area contributed by atoms with Gasteiger partial charge < -0.3 is 4.42 Å². The maximum atomic E-state index is 9.67. The minimum absolute atomic E-state index is 0.201. The summed E-state index contributed by atoms with van der Waals surface area (Å²) in [7, 11) is 0. The Balaban J connectivity index is 1.65. The van der Waals surface area contributed by atoms with E-state index in [0.717, 1.165) is 0 Å². The van der Waals surface area contributed by atoms with Crippen LogP contribution in [0.25, 0.3) is 88.3 Å². The molecule has 0 spiro atoms. The quantitative estimate of drug-likeness (QED) is 0.174. The molecule has 9 rings (SSSR count). The molecule has 0 unspecified atom stereocenters. The van der Waals surface area contributed by atoms with Gasteiger partial charge in [0.15, 0.2) is 0 Å². The molecule has 0 bridgehead atoms. The summed E-state index contributed by atoms with van der Waals surface area (Å²) >= 11 is 0. The highest BCUT2D eigenvalue weighted by molar-refractivity contribution is 6.25. The summed E-state index contributed by atoms with van der Waals surface area (Å²) in [6, 6.07) is -14.9. The van der Waals surface area contributed by atoms with Gasteiger partial charge in [-0.3, -0.25) is 0 Å². The first-order valence-electron chi connectivity index (χ1n) is 26.6. The average molecular weight is 624 g/mol. The fourth-order valence-corrected chi connectivity index (χ4v) is 5.50. The van der Waals surface area contributed by atoms with Crippen molar-refractivity contribution < 1.29 is 38.7 Å². The smallest absolute Gasteiger partial charge is 0.143 e. The van der Waals surface area contributed by atoms with E-state index in [1.165, 1.54) is 12.1 Å². The molecule has 0 N–H and O–H groups in total. The summed E-state index contributed by atoms with van der Waals surface area (Å²) in [5.74, 6) is -0.820. The predicted molar refractivity (Wildman–Crippen MR) is 198 cm³/mol. The van der Waals surface area contributed by atoms with Crippen LogP contribution < -0.4 is 0 Å². The molecule has 47 heavy (non-hydrogen) atoms. The molecule has 9 aromatic rings. The first-order valence-corrected chi connectivity index (χ1v) is 14.1. The van der Waals surface area contributed by atoms with Crippen molar-refractivity contribution in [2.75, 3.05) is 0 Å². The fraction of sp³-hybridized carbons (Fsp3) is 0. The van der Waals surface area contributed by atoms with Gasteiger partial charge >= 0.3 is 0 Å². The molecule has 0 radical (unpaired) electrons. The van der Waals surface area contributed by atoms with Crippen LogP contribution in [0.4, 0.5) is 0 Å². The van der Waals surface area contributed by atoms with E-state index in [1.807, 2.05) is 0 Å². The Morgan fingerprint density at radius 1 is 0.340 bits per heavy atom. The second-order valence-corrected chi connectivity index (χ2v) is 10.1. The third-order valence-electron chi connectivity index (χ3n) is 7.50. The Labute approximate surface area is 309 Å². The van der Waals surface area contributed by atoms with E-state index in [0.29, 0.717) is 0 Å². The first-order chi connectivity index (χ1) is 33.7. The summed E-state index contributed by atoms with van der Waals surface area (Å²) in [5, 5.41) is -3.52. The molecule has 0 amide bonds. The molecular weight excluding hydrogens is 569 g/mol. The molecule has 0 aliphatic heterocycles. The van der Waals surface area contributed by atoms with Crippen LogP contribution >= 0.6 is 0 Å². The van der Waals surface area contributed by atoms with Gasteiger partial charge in [0, 0.05) is 22.1 Å². The van der Waals surface area contributed by atoms with Crippen molar-refractivity contribution in [1.82, 2.24) is 0 Å². The number of hydrogen-bond donors (Lipinski definition) is 0. The molecule has 220 valence electrons. The highest BCUT2D eigenvalue weighted by atomic mass is 16.3. The molecular formula is C46H30O. The van der Waals surface area contributed by atoms with E-state index in [4.69, 9.17) is 23.6 Å². The number of furan rings is 1. The number of benzene rings is 8. The highest BCUT2D eigenvalue weighted by Gasteiger charge is 2.24. The Bertz CT molecular complexity index is 3810. The molecule has 0 saturated heterocycles. The summed E-state index contributed by atoms with van der Waals surface area (Å²) in [6.45, 7) is 0. The zero-order valence-electron chi connectivity index (χ0n) is 48.8. The van der Waals surface area contributed by atoms with E-state index >= 15 is 0 Å². The van der Waals surface area contributed by atoms with Gasteiger partial charge in [0.25, 0.3) is 0 Å². The van der Waals surface area contributed by atoms with Gasteiger partial charge in [0.1, 0.15) is 11.3 Å². The Hall–Kier alpha value is -6.18. The van der Waals surface area contributed by atoms with Gasteiger partial charge in [0.2, 0.25) is 0 Å². The first kappa shape index (κ1) is 11.9. The zero-order valence-corrected chi connectivity index (χ0v) is 23.8. The lowest BCUT2D eigenvalue weighted by molar-refractivity contribution is 0.632. The Kier molecular flexibility index (Phi) is 2.86. The molecule has 1 heterocycles. The van der Waals surface area contributed by atoms with Crippen molar-refractivity contribution >= 4 is 32.5 Å². The van der Waals surface area contributed by atoms with Crippen LogP contribution in [-0.4, -0.2) is 0 Å². The topological polar surface area (TPSA) is 13.1 Å². The third kappa shape index (κ3) is 4.64. The average Bonchev–Trinajstić information content (AvgIpc) is 3.75. The molecule has 1 heteroatoms. The fourth-order valence-electron chi connectivity index (χ4n) is 5.50. The number of rotatable bonds is 5. The SMILES string of the molecule is [2H]c1c([2H])c([2H])c(-c2c([2H])c([2H])c3c(-c4c5c([2H])c([2H])c([2H])c([2H])c5c(-c5c([2H])c([2H])c([2H])c([2H])c5[2H])c5c([2H])c([2H])c([2H])c([2H])c45)c(-c4c([2H])c([2H])c(-c5ccccc5)c([2H])c4[2H])oc3c2[2H])c([2H])c1[2H]. The van der Waals surface area contributed by atoms with Crippen molar-refractivity contribution in [2.45, 2.75) is 0 Å². The van der Waals surface area contributed by atoms with Crippen molar-refractivity contribution in [3.63, 3.8) is 0 Å². The number of fused-ring (bicyclic) bond motifs is 3. The van der Waals surface area contributed by atoms with Gasteiger partial charge in [-0.15, -0.1) is 0 Å². The monoisotopic (exact) mass is 623 g/mol. The molecule has 0 aliphatic rings. The molecule has 1 aromatic heterocycles. The molecule has 0 atom stereocenters. The molecule has 0 aliphatic carbocycles. The number of hydrogen-bond acceptors (Lipinski definition) is 1. The van der Waals surface area contributed by atoms with Crippen LogP contribution in [0.2, 0.25) is 0 Å². The summed E-state index contributed by atoms with van der Waals surface area (Å²) in [5.41, 5.74) is -5.77. The van der Waals surface area contributed by atoms with Gasteiger partial charge in [-0.2, -0.15) is 0 Å². The van der Waals surface area contributed by atoms with Crippen molar-refractivity contribution in [2.24, 2.45) is 0 Å². The van der Waals surface area contributed by atoms with Gasteiger partial charge in [-0.1, -0.05) is 169 Å². The predicted octanol–water partition coefficient (Wildman–Crippen LogP) is 13.1. The molecule has 0 saturated carbocycles. The normalized spacial score (nSPS) is 18.9. The molecule has 1 nitrogen and oxygen atoms in total. The highest BCUT2D eigenvalue weighted by Crippen LogP contribution is 2.50. The maximum Gasteiger partial charge on any atom is 0.143 e. The van der Waals surface area contributed by atoms with E-state index in [2.05, 4.69) is 0 Å². The summed E-state index contributed by atoms with van der Waals surface area (Å²) in [4.78, 5) is 0. The second-order valence-electron chi connectivity index (χ2n) is 10.1. The Morgan fingerprint density at radius 2 is 0.830 bits per heavy atom. The van der Waals surface area contributed by atoms with Crippen molar-refractivity contribution in [3.8, 4) is 55.8 Å². The van der Waals surface area contributed by atoms with E-state index < -0.39 is 228 Å². The van der Waals surface area contributed by atoms with Crippen LogP contribution in [0, 0.1) is 0 Å². The lowest BCUT2D eigenvalue weighted by Crippen LogP contribution is -1.91. The van der Waals surface area contributed by atoms with E-state index in [9.17, 15) is 15.1 Å².